The van der Waals surface area contributed by atoms with Crippen molar-refractivity contribution in [3.05, 3.63) is 0 Å². The maximum atomic E-state index is 3.65. The molecule has 0 aliphatic rings. The molecule has 0 aromatic carbocycles. The number of rotatable bonds is 23. The van der Waals surface area contributed by atoms with E-state index < -0.39 is 0 Å². The largest absolute Gasteiger partial charge is 1.00 e. The van der Waals surface area contributed by atoms with Crippen molar-refractivity contribution in [2.75, 3.05) is 32.0 Å². The molecular formula is C26H55BrClN. The summed E-state index contributed by atoms with van der Waals surface area (Å²) in [6, 6.07) is 0. The zero-order valence-electron chi connectivity index (χ0n) is 20.5. The molecule has 3 heteroatoms. The molecule has 0 spiro atoms. The fourth-order valence-electron chi connectivity index (χ4n) is 4.39. The third kappa shape index (κ3) is 23.2. The molecule has 0 radical (unpaired) electrons. The van der Waals surface area contributed by atoms with Crippen LogP contribution in [0.2, 0.25) is 0 Å². The predicted molar refractivity (Wildman–Crippen MR) is 134 cm³/mol. The fraction of sp³-hybridized carbons (Fsp3) is 1.00. The average molecular weight is 497 g/mol. The van der Waals surface area contributed by atoms with Crippen LogP contribution in [0.4, 0.5) is 0 Å². The number of alkyl halides is 1. The highest BCUT2D eigenvalue weighted by molar-refractivity contribution is 9.09. The highest BCUT2D eigenvalue weighted by Crippen LogP contribution is 2.16. The summed E-state index contributed by atoms with van der Waals surface area (Å²) >= 11 is 3.65. The van der Waals surface area contributed by atoms with E-state index in [0.29, 0.717) is 0 Å². The van der Waals surface area contributed by atoms with E-state index in [4.69, 9.17) is 0 Å². The molecule has 0 saturated carbocycles. The quantitative estimate of drug-likeness (QED) is 0.0886. The van der Waals surface area contributed by atoms with Gasteiger partial charge in [-0.1, -0.05) is 120 Å². The van der Waals surface area contributed by atoms with Crippen molar-refractivity contribution in [1.29, 1.82) is 0 Å². The normalized spacial score (nSPS) is 11.6. The standard InChI is InChI=1S/C26H55BrN.ClH/c1-4-6-8-10-12-14-16-18-20-24-28(3,26-22-23-27)25-21-19-17-15-13-11-9-7-5-2;/h4-26H2,1-3H3;1H/q+1;/p-1. The van der Waals surface area contributed by atoms with E-state index in [-0.39, 0.29) is 12.4 Å². The lowest BCUT2D eigenvalue weighted by Crippen LogP contribution is -3.00. The predicted octanol–water partition coefficient (Wildman–Crippen LogP) is 6.28. The van der Waals surface area contributed by atoms with Gasteiger partial charge < -0.3 is 16.9 Å². The summed E-state index contributed by atoms with van der Waals surface area (Å²) < 4.78 is 1.32. The lowest BCUT2D eigenvalue weighted by atomic mass is 10.1. The van der Waals surface area contributed by atoms with Gasteiger partial charge in [0, 0.05) is 11.8 Å². The highest BCUT2D eigenvalue weighted by Gasteiger charge is 2.19. The molecule has 0 aromatic rings. The third-order valence-electron chi connectivity index (χ3n) is 6.43. The van der Waals surface area contributed by atoms with Crippen LogP contribution in [0.1, 0.15) is 136 Å². The van der Waals surface area contributed by atoms with Crippen LogP contribution in [0.25, 0.3) is 0 Å². The first-order chi connectivity index (χ1) is 13.7. The highest BCUT2D eigenvalue weighted by atomic mass is 79.9. The summed E-state index contributed by atoms with van der Waals surface area (Å²) in [5, 5.41) is 1.16. The fourth-order valence-corrected chi connectivity index (χ4v) is 4.64. The van der Waals surface area contributed by atoms with Crippen LogP contribution >= 0.6 is 15.9 Å². The molecule has 0 aliphatic carbocycles. The maximum absolute atomic E-state index is 3.65. The van der Waals surface area contributed by atoms with Gasteiger partial charge in [0.25, 0.3) is 0 Å². The van der Waals surface area contributed by atoms with Gasteiger partial charge in [0.15, 0.2) is 0 Å². The number of halogens is 2. The summed E-state index contributed by atoms with van der Waals surface area (Å²) in [4.78, 5) is 0. The van der Waals surface area contributed by atoms with Crippen molar-refractivity contribution < 1.29 is 16.9 Å². The monoisotopic (exact) mass is 495 g/mol. The number of unbranched alkanes of at least 4 members (excludes halogenated alkanes) is 16. The summed E-state index contributed by atoms with van der Waals surface area (Å²) in [6.07, 6.45) is 27.3. The Morgan fingerprint density at radius 1 is 0.448 bits per heavy atom. The van der Waals surface area contributed by atoms with Crippen LogP contribution in [-0.2, 0) is 0 Å². The van der Waals surface area contributed by atoms with Crippen molar-refractivity contribution in [2.45, 2.75) is 136 Å². The summed E-state index contributed by atoms with van der Waals surface area (Å²) in [5.41, 5.74) is 0. The van der Waals surface area contributed by atoms with Gasteiger partial charge in [0.05, 0.1) is 26.7 Å². The van der Waals surface area contributed by atoms with E-state index in [2.05, 4.69) is 36.8 Å². The second kappa shape index (κ2) is 25.0. The Balaban J connectivity index is 0. The molecule has 0 amide bonds. The molecule has 0 atom stereocenters. The minimum absolute atomic E-state index is 0. The van der Waals surface area contributed by atoms with E-state index in [1.54, 1.807) is 0 Å². The molecule has 1 nitrogen and oxygen atoms in total. The summed E-state index contributed by atoms with van der Waals surface area (Å²) in [6.45, 7) is 8.78. The van der Waals surface area contributed by atoms with Crippen molar-refractivity contribution in [3.63, 3.8) is 0 Å². The molecule has 0 heterocycles. The first kappa shape index (κ1) is 31.9. The molecule has 0 bridgehead atoms. The van der Waals surface area contributed by atoms with Crippen LogP contribution in [0.3, 0.4) is 0 Å². The maximum Gasteiger partial charge on any atom is 0.0792 e. The molecule has 29 heavy (non-hydrogen) atoms. The minimum Gasteiger partial charge on any atom is -1.00 e. The van der Waals surface area contributed by atoms with Gasteiger partial charge in [0.2, 0.25) is 0 Å². The van der Waals surface area contributed by atoms with Gasteiger partial charge in [-0.05, 0) is 25.7 Å². The second-order valence-electron chi connectivity index (χ2n) is 9.49. The molecule has 0 rings (SSSR count). The average Bonchev–Trinajstić information content (AvgIpc) is 2.70. The number of hydrogen-bond donors (Lipinski definition) is 0. The zero-order valence-corrected chi connectivity index (χ0v) is 22.8. The van der Waals surface area contributed by atoms with Crippen molar-refractivity contribution in [3.8, 4) is 0 Å². The molecule has 0 unspecified atom stereocenters. The topological polar surface area (TPSA) is 0 Å². The Morgan fingerprint density at radius 2 is 0.724 bits per heavy atom. The van der Waals surface area contributed by atoms with Gasteiger partial charge >= 0.3 is 0 Å². The van der Waals surface area contributed by atoms with Crippen molar-refractivity contribution in [2.24, 2.45) is 0 Å². The molecule has 0 aliphatic heterocycles. The van der Waals surface area contributed by atoms with E-state index >= 15 is 0 Å². The van der Waals surface area contributed by atoms with Crippen LogP contribution in [-0.4, -0.2) is 36.5 Å². The molecule has 0 N–H and O–H groups in total. The molecule has 178 valence electrons. The molecule has 0 fully saturated rings. The van der Waals surface area contributed by atoms with Gasteiger partial charge in [0.1, 0.15) is 0 Å². The summed E-state index contributed by atoms with van der Waals surface area (Å²) in [5.74, 6) is 0. The molecular weight excluding hydrogens is 442 g/mol. The minimum atomic E-state index is 0. The third-order valence-corrected chi connectivity index (χ3v) is 7.00. The van der Waals surface area contributed by atoms with Crippen LogP contribution in [0.5, 0.6) is 0 Å². The zero-order chi connectivity index (χ0) is 20.8. The SMILES string of the molecule is CCCCCCCCCCC[N+](C)(CCCBr)CCCCCCCCCCC.[Cl-]. The van der Waals surface area contributed by atoms with E-state index in [9.17, 15) is 0 Å². The molecule has 0 saturated heterocycles. The van der Waals surface area contributed by atoms with Gasteiger partial charge in [-0.15, -0.1) is 0 Å². The van der Waals surface area contributed by atoms with Gasteiger partial charge in [-0.2, -0.15) is 0 Å². The first-order valence-electron chi connectivity index (χ1n) is 13.1. The van der Waals surface area contributed by atoms with Crippen molar-refractivity contribution in [1.82, 2.24) is 0 Å². The Labute approximate surface area is 200 Å². The van der Waals surface area contributed by atoms with E-state index in [1.807, 2.05) is 0 Å². The number of hydrogen-bond acceptors (Lipinski definition) is 0. The second-order valence-corrected chi connectivity index (χ2v) is 10.3. The van der Waals surface area contributed by atoms with Crippen molar-refractivity contribution >= 4 is 15.9 Å². The smallest absolute Gasteiger partial charge is 0.0792 e. The van der Waals surface area contributed by atoms with Crippen LogP contribution in [0.15, 0.2) is 0 Å². The Bertz CT molecular complexity index is 276. The lowest BCUT2D eigenvalue weighted by molar-refractivity contribution is -0.910. The Morgan fingerprint density at radius 3 is 1.03 bits per heavy atom. The van der Waals surface area contributed by atoms with Gasteiger partial charge in [-0.25, -0.2) is 0 Å². The summed E-state index contributed by atoms with van der Waals surface area (Å²) in [7, 11) is 2.53. The molecule has 0 aromatic heterocycles. The lowest BCUT2D eigenvalue weighted by Gasteiger charge is -2.35. The Kier molecular flexibility index (Phi) is 27.5. The van der Waals surface area contributed by atoms with Gasteiger partial charge in [-0.3, -0.25) is 0 Å². The Hall–Kier alpha value is 0.730. The van der Waals surface area contributed by atoms with E-state index in [1.165, 1.54) is 146 Å². The van der Waals surface area contributed by atoms with Crippen LogP contribution < -0.4 is 12.4 Å². The number of nitrogens with zero attached hydrogens (tertiary/aromatic N) is 1. The number of quaternary nitrogens is 1. The first-order valence-corrected chi connectivity index (χ1v) is 14.2. The van der Waals surface area contributed by atoms with E-state index in [0.717, 1.165) is 5.33 Å². The van der Waals surface area contributed by atoms with Crippen LogP contribution in [0, 0.1) is 0 Å².